The summed E-state index contributed by atoms with van der Waals surface area (Å²) in [6, 6.07) is 13.5. The van der Waals surface area contributed by atoms with Gasteiger partial charge in [0.2, 0.25) is 11.9 Å². The molecule has 1 fully saturated rings. The fraction of sp³-hybridized carbons (Fsp3) is 0.292. The first-order chi connectivity index (χ1) is 15.5. The highest BCUT2D eigenvalue weighted by atomic mass is 19.1. The molecule has 1 aliphatic rings. The zero-order valence-corrected chi connectivity index (χ0v) is 17.9. The van der Waals surface area contributed by atoms with Crippen molar-refractivity contribution < 1.29 is 13.9 Å². The average molecular weight is 436 g/mol. The number of nitrogens with zero attached hydrogens (tertiary/aromatic N) is 3. The fourth-order valence-corrected chi connectivity index (χ4v) is 4.07. The third-order valence-corrected chi connectivity index (χ3v) is 5.63. The molecule has 1 atom stereocenters. The van der Waals surface area contributed by atoms with Crippen molar-refractivity contribution in [3.8, 4) is 16.9 Å². The third-order valence-electron chi connectivity index (χ3n) is 5.63. The van der Waals surface area contributed by atoms with Gasteiger partial charge >= 0.3 is 0 Å². The Hall–Kier alpha value is -3.52. The zero-order valence-electron chi connectivity index (χ0n) is 17.9. The van der Waals surface area contributed by atoms with Crippen LogP contribution in [0.4, 0.5) is 16.0 Å². The molecule has 0 saturated carbocycles. The first-order valence-corrected chi connectivity index (χ1v) is 10.6. The first kappa shape index (κ1) is 21.7. The fourth-order valence-electron chi connectivity index (χ4n) is 4.07. The van der Waals surface area contributed by atoms with Crippen molar-refractivity contribution >= 4 is 17.5 Å². The number of nitrogens with two attached hydrogens (primary N) is 1. The van der Waals surface area contributed by atoms with Crippen LogP contribution in [-0.4, -0.2) is 47.5 Å². The number of methoxy groups -OCH3 is 1. The zero-order chi connectivity index (χ0) is 22.5. The predicted octanol–water partition coefficient (Wildman–Crippen LogP) is 3.69. The highest BCUT2D eigenvalue weighted by molar-refractivity contribution is 5.92. The van der Waals surface area contributed by atoms with Gasteiger partial charge in [-0.25, -0.2) is 14.4 Å². The number of benzene rings is 2. The number of amides is 1. The van der Waals surface area contributed by atoms with Crippen LogP contribution in [0.15, 0.2) is 54.7 Å². The van der Waals surface area contributed by atoms with Crippen molar-refractivity contribution in [2.75, 3.05) is 37.8 Å². The Morgan fingerprint density at radius 1 is 1.22 bits per heavy atom. The smallest absolute Gasteiger partial charge is 0.238 e. The Morgan fingerprint density at radius 3 is 2.69 bits per heavy atom. The van der Waals surface area contributed by atoms with E-state index in [1.54, 1.807) is 25.4 Å². The number of hydrogen-bond donors (Lipinski definition) is 2. The molecule has 2 aromatic carbocycles. The number of likely N-dealkylation sites (tertiary alicyclic amines) is 1. The van der Waals surface area contributed by atoms with Crippen molar-refractivity contribution in [2.24, 2.45) is 0 Å². The van der Waals surface area contributed by atoms with E-state index in [-0.39, 0.29) is 30.1 Å². The molecule has 166 valence electrons. The summed E-state index contributed by atoms with van der Waals surface area (Å²) >= 11 is 0. The van der Waals surface area contributed by atoms with Crippen LogP contribution < -0.4 is 15.8 Å². The number of ether oxygens (including phenoxy) is 1. The van der Waals surface area contributed by atoms with Gasteiger partial charge in [0.05, 0.1) is 19.3 Å². The molecule has 32 heavy (non-hydrogen) atoms. The minimum Gasteiger partial charge on any atom is -0.497 e. The number of piperidine rings is 1. The van der Waals surface area contributed by atoms with E-state index in [1.165, 1.54) is 12.1 Å². The number of nitrogens with one attached hydrogen (secondary N) is 1. The molecule has 4 rings (SSSR count). The lowest BCUT2D eigenvalue weighted by Gasteiger charge is -2.32. The molecule has 1 aromatic heterocycles. The quantitative estimate of drug-likeness (QED) is 0.613. The maximum atomic E-state index is 13.1. The lowest BCUT2D eigenvalue weighted by atomic mass is 9.90. The molecule has 8 heteroatoms. The number of aromatic nitrogens is 2. The standard InChI is InChI=1S/C24H26FN5O2/c1-32-20-10-4-16(5-11-20)21-13-27-24(26)29-23(21)17-3-2-12-30(14-17)15-22(31)28-19-8-6-18(25)7-9-19/h4-11,13,17H,2-3,12,14-15H2,1H3,(H,28,31)(H2,26,27,29). The molecule has 1 aliphatic heterocycles. The van der Waals surface area contributed by atoms with E-state index >= 15 is 0 Å². The molecular weight excluding hydrogens is 409 g/mol. The lowest BCUT2D eigenvalue weighted by Crippen LogP contribution is -2.40. The van der Waals surface area contributed by atoms with Gasteiger partial charge in [0.1, 0.15) is 11.6 Å². The van der Waals surface area contributed by atoms with Gasteiger partial charge in [0.25, 0.3) is 0 Å². The Kier molecular flexibility index (Phi) is 6.61. The van der Waals surface area contributed by atoms with E-state index in [4.69, 9.17) is 10.5 Å². The summed E-state index contributed by atoms with van der Waals surface area (Å²) in [5.41, 5.74) is 9.32. The second kappa shape index (κ2) is 9.74. The molecule has 3 N–H and O–H groups in total. The maximum Gasteiger partial charge on any atom is 0.238 e. The summed E-state index contributed by atoms with van der Waals surface area (Å²) in [7, 11) is 1.63. The first-order valence-electron chi connectivity index (χ1n) is 10.6. The van der Waals surface area contributed by atoms with Gasteiger partial charge in [-0.3, -0.25) is 9.69 Å². The number of nitrogen functional groups attached to an aromatic ring is 1. The molecule has 1 amide bonds. The van der Waals surface area contributed by atoms with Crippen molar-refractivity contribution in [1.29, 1.82) is 0 Å². The van der Waals surface area contributed by atoms with Crippen LogP contribution in [0, 0.1) is 5.82 Å². The SMILES string of the molecule is COc1ccc(-c2cnc(N)nc2C2CCCN(CC(=O)Nc3ccc(F)cc3)C2)cc1. The molecule has 1 unspecified atom stereocenters. The second-order valence-electron chi connectivity index (χ2n) is 7.88. The number of carbonyl (C=O) groups excluding carboxylic acids is 1. The van der Waals surface area contributed by atoms with E-state index < -0.39 is 0 Å². The van der Waals surface area contributed by atoms with Gasteiger partial charge in [-0.1, -0.05) is 12.1 Å². The molecule has 0 aliphatic carbocycles. The van der Waals surface area contributed by atoms with Crippen LogP contribution in [0.3, 0.4) is 0 Å². The topological polar surface area (TPSA) is 93.4 Å². The normalized spacial score (nSPS) is 16.5. The van der Waals surface area contributed by atoms with Crippen molar-refractivity contribution in [3.05, 3.63) is 66.2 Å². The molecule has 2 heterocycles. The summed E-state index contributed by atoms with van der Waals surface area (Å²) in [5.74, 6) is 0.685. The summed E-state index contributed by atoms with van der Waals surface area (Å²) < 4.78 is 18.3. The minimum absolute atomic E-state index is 0.129. The largest absolute Gasteiger partial charge is 0.497 e. The Balaban J connectivity index is 1.48. The highest BCUT2D eigenvalue weighted by Gasteiger charge is 2.26. The van der Waals surface area contributed by atoms with Crippen LogP contribution in [-0.2, 0) is 4.79 Å². The molecule has 0 spiro atoms. The molecular formula is C24H26FN5O2. The summed E-state index contributed by atoms with van der Waals surface area (Å²) in [5, 5.41) is 2.82. The number of carbonyl (C=O) groups is 1. The van der Waals surface area contributed by atoms with E-state index in [2.05, 4.69) is 20.2 Å². The molecule has 0 radical (unpaired) electrons. The van der Waals surface area contributed by atoms with E-state index in [9.17, 15) is 9.18 Å². The van der Waals surface area contributed by atoms with Crippen molar-refractivity contribution in [2.45, 2.75) is 18.8 Å². The Bertz CT molecular complexity index is 1070. The predicted molar refractivity (Wildman–Crippen MR) is 122 cm³/mol. The van der Waals surface area contributed by atoms with Crippen molar-refractivity contribution in [3.63, 3.8) is 0 Å². The van der Waals surface area contributed by atoms with Gasteiger partial charge in [-0.05, 0) is 61.3 Å². The van der Waals surface area contributed by atoms with Gasteiger partial charge in [0, 0.05) is 29.9 Å². The van der Waals surface area contributed by atoms with Crippen LogP contribution in [0.1, 0.15) is 24.5 Å². The number of halogens is 1. The lowest BCUT2D eigenvalue weighted by molar-refractivity contribution is -0.117. The summed E-state index contributed by atoms with van der Waals surface area (Å²) in [6.07, 6.45) is 3.66. The maximum absolute atomic E-state index is 13.1. The van der Waals surface area contributed by atoms with Crippen molar-refractivity contribution in [1.82, 2.24) is 14.9 Å². The molecule has 7 nitrogen and oxygen atoms in total. The van der Waals surface area contributed by atoms with E-state index in [0.717, 1.165) is 42.0 Å². The van der Waals surface area contributed by atoms with Gasteiger partial charge < -0.3 is 15.8 Å². The monoisotopic (exact) mass is 435 g/mol. The number of anilines is 2. The minimum atomic E-state index is -0.335. The third kappa shape index (κ3) is 5.20. The summed E-state index contributed by atoms with van der Waals surface area (Å²) in [4.78, 5) is 23.4. The Labute approximate surface area is 186 Å². The second-order valence-corrected chi connectivity index (χ2v) is 7.88. The van der Waals surface area contributed by atoms with Gasteiger partial charge in [-0.2, -0.15) is 0 Å². The Morgan fingerprint density at radius 2 is 1.97 bits per heavy atom. The molecule has 1 saturated heterocycles. The van der Waals surface area contributed by atoms with E-state index in [0.29, 0.717) is 12.2 Å². The van der Waals surface area contributed by atoms with E-state index in [1.807, 2.05) is 24.3 Å². The molecule has 3 aromatic rings. The molecule has 0 bridgehead atoms. The number of hydrogen-bond acceptors (Lipinski definition) is 6. The van der Waals surface area contributed by atoms with Crippen LogP contribution in [0.25, 0.3) is 11.1 Å². The van der Waals surface area contributed by atoms with Crippen LogP contribution >= 0.6 is 0 Å². The number of rotatable bonds is 6. The average Bonchev–Trinajstić information content (AvgIpc) is 2.81. The summed E-state index contributed by atoms with van der Waals surface area (Å²) in [6.45, 7) is 1.77. The van der Waals surface area contributed by atoms with Crippen LogP contribution in [0.2, 0.25) is 0 Å². The van der Waals surface area contributed by atoms with Crippen LogP contribution in [0.5, 0.6) is 5.75 Å². The highest BCUT2D eigenvalue weighted by Crippen LogP contribution is 2.34. The van der Waals surface area contributed by atoms with Gasteiger partial charge in [0.15, 0.2) is 0 Å². The van der Waals surface area contributed by atoms with Gasteiger partial charge in [-0.15, -0.1) is 0 Å².